The fraction of sp³-hybridized carbons (Fsp3) is 0.381. The number of nitrogens with zero attached hydrogens (tertiary/aromatic N) is 4. The first-order valence-corrected chi connectivity index (χ1v) is 10.1. The van der Waals surface area contributed by atoms with Gasteiger partial charge in [0, 0.05) is 49.4 Å². The highest BCUT2D eigenvalue weighted by Gasteiger charge is 2.29. The highest BCUT2D eigenvalue weighted by Crippen LogP contribution is 2.30. The summed E-state index contributed by atoms with van der Waals surface area (Å²) in [4.78, 5) is 42.9. The lowest BCUT2D eigenvalue weighted by molar-refractivity contribution is -0.385. The Morgan fingerprint density at radius 1 is 1.27 bits per heavy atom. The minimum Gasteiger partial charge on any atom is -0.365 e. The number of carbonyl (C=O) groups is 2. The lowest BCUT2D eigenvalue weighted by Gasteiger charge is -2.19. The van der Waals surface area contributed by atoms with Gasteiger partial charge in [-0.2, -0.15) is 0 Å². The number of pyridine rings is 1. The summed E-state index contributed by atoms with van der Waals surface area (Å²) in [7, 11) is 0. The van der Waals surface area contributed by atoms with E-state index in [1.54, 1.807) is 21.9 Å². The molecule has 1 aromatic carbocycles. The molecule has 9 heteroatoms. The number of likely N-dealkylation sites (tertiary alicyclic amines) is 1. The largest absolute Gasteiger partial charge is 0.365 e. The number of hydrogen-bond donors (Lipinski definition) is 1. The van der Waals surface area contributed by atoms with Gasteiger partial charge < -0.3 is 15.1 Å². The first kappa shape index (κ1) is 19.8. The second kappa shape index (κ2) is 8.10. The third-order valence-electron chi connectivity index (χ3n) is 5.61. The van der Waals surface area contributed by atoms with Crippen molar-refractivity contribution in [3.63, 3.8) is 0 Å². The van der Waals surface area contributed by atoms with E-state index in [9.17, 15) is 19.7 Å². The number of aromatic nitrogens is 1. The second-order valence-corrected chi connectivity index (χ2v) is 7.53. The Bertz CT molecular complexity index is 991. The molecule has 1 atom stereocenters. The Hall–Kier alpha value is -3.49. The summed E-state index contributed by atoms with van der Waals surface area (Å²) in [6.45, 7) is 3.68. The van der Waals surface area contributed by atoms with Gasteiger partial charge in [-0.1, -0.05) is 6.92 Å². The number of anilines is 2. The van der Waals surface area contributed by atoms with Crippen LogP contribution in [0.4, 0.5) is 17.2 Å². The van der Waals surface area contributed by atoms with Gasteiger partial charge in [0.25, 0.3) is 11.6 Å². The lowest BCUT2D eigenvalue weighted by Crippen LogP contribution is -2.31. The van der Waals surface area contributed by atoms with Crippen molar-refractivity contribution in [1.29, 1.82) is 0 Å². The molecule has 2 aliphatic rings. The van der Waals surface area contributed by atoms with Gasteiger partial charge in [0.2, 0.25) is 5.91 Å². The van der Waals surface area contributed by atoms with E-state index in [-0.39, 0.29) is 23.5 Å². The molecule has 30 heavy (non-hydrogen) atoms. The van der Waals surface area contributed by atoms with E-state index in [0.717, 1.165) is 24.1 Å². The van der Waals surface area contributed by atoms with E-state index in [0.29, 0.717) is 37.4 Å². The zero-order valence-electron chi connectivity index (χ0n) is 16.7. The summed E-state index contributed by atoms with van der Waals surface area (Å²) >= 11 is 0. The van der Waals surface area contributed by atoms with Crippen molar-refractivity contribution in [1.82, 2.24) is 9.88 Å². The molecule has 1 unspecified atom stereocenters. The number of nitrogens with one attached hydrogen (secondary N) is 1. The Kier molecular flexibility index (Phi) is 5.35. The highest BCUT2D eigenvalue weighted by atomic mass is 16.6. The Labute approximate surface area is 173 Å². The molecular formula is C21H23N5O4. The van der Waals surface area contributed by atoms with Crippen molar-refractivity contribution in [2.24, 2.45) is 0 Å². The molecule has 3 heterocycles. The average Bonchev–Trinajstić information content (AvgIpc) is 3.39. The van der Waals surface area contributed by atoms with Crippen LogP contribution in [0.2, 0.25) is 0 Å². The molecule has 0 saturated carbocycles. The first-order valence-electron chi connectivity index (χ1n) is 10.1. The minimum atomic E-state index is -0.485. The third-order valence-corrected chi connectivity index (χ3v) is 5.61. The molecule has 1 saturated heterocycles. The number of hydrogen-bond acceptors (Lipinski definition) is 6. The number of amides is 2. The number of carbonyl (C=O) groups excluding carboxylic acids is 2. The van der Waals surface area contributed by atoms with Gasteiger partial charge in [-0.3, -0.25) is 19.7 Å². The smallest absolute Gasteiger partial charge is 0.287 e. The van der Waals surface area contributed by atoms with Gasteiger partial charge in [0.05, 0.1) is 4.92 Å². The summed E-state index contributed by atoms with van der Waals surface area (Å²) < 4.78 is 0. The molecular weight excluding hydrogens is 386 g/mol. The molecule has 2 aromatic rings. The fourth-order valence-corrected chi connectivity index (χ4v) is 4.02. The molecule has 0 radical (unpaired) electrons. The van der Waals surface area contributed by atoms with Crippen molar-refractivity contribution in [2.75, 3.05) is 29.9 Å². The van der Waals surface area contributed by atoms with Crippen LogP contribution in [0.15, 0.2) is 36.5 Å². The van der Waals surface area contributed by atoms with Crippen LogP contribution in [0.5, 0.6) is 0 Å². The quantitative estimate of drug-likeness (QED) is 0.601. The van der Waals surface area contributed by atoms with Gasteiger partial charge in [-0.25, -0.2) is 4.98 Å². The van der Waals surface area contributed by atoms with Crippen LogP contribution in [-0.4, -0.2) is 52.3 Å². The predicted octanol–water partition coefficient (Wildman–Crippen LogP) is 2.62. The van der Waals surface area contributed by atoms with Crippen LogP contribution < -0.4 is 10.2 Å². The molecule has 9 nitrogen and oxygen atoms in total. The monoisotopic (exact) mass is 409 g/mol. The number of rotatable bonds is 5. The maximum Gasteiger partial charge on any atom is 0.287 e. The van der Waals surface area contributed by atoms with Gasteiger partial charge in [0.1, 0.15) is 12.0 Å². The molecule has 4 rings (SSSR count). The molecule has 2 aliphatic heterocycles. The van der Waals surface area contributed by atoms with Crippen molar-refractivity contribution < 1.29 is 14.5 Å². The van der Waals surface area contributed by atoms with Gasteiger partial charge in [0.15, 0.2) is 0 Å². The van der Waals surface area contributed by atoms with Gasteiger partial charge >= 0.3 is 0 Å². The van der Waals surface area contributed by atoms with Crippen LogP contribution >= 0.6 is 0 Å². The standard InChI is InChI=1S/C21H23N5O4/c1-2-20(27)25-10-7-14-11-15(3-5-18(14)25)21(28)24-9-8-16(13-24)23-19-6-4-17(12-22-19)26(29)30/h3-6,11-12,16H,2,7-10,13H2,1H3,(H,22,23). The van der Waals surface area contributed by atoms with E-state index in [1.807, 2.05) is 19.1 Å². The number of fused-ring (bicyclic) bond motifs is 1. The van der Waals surface area contributed by atoms with Crippen LogP contribution in [-0.2, 0) is 11.2 Å². The zero-order valence-corrected chi connectivity index (χ0v) is 16.7. The second-order valence-electron chi connectivity index (χ2n) is 7.53. The van der Waals surface area contributed by atoms with Crippen molar-refractivity contribution >= 4 is 29.0 Å². The summed E-state index contributed by atoms with van der Waals surface area (Å²) in [5, 5.41) is 14.0. The SMILES string of the molecule is CCC(=O)N1CCc2cc(C(=O)N3CCC(Nc4ccc([N+](=O)[O-])cn4)C3)ccc21. The summed E-state index contributed by atoms with van der Waals surface area (Å²) in [5.74, 6) is 0.623. The highest BCUT2D eigenvalue weighted by molar-refractivity contribution is 5.98. The van der Waals surface area contributed by atoms with Crippen LogP contribution in [0, 0.1) is 10.1 Å². The number of nitro groups is 1. The van der Waals surface area contributed by atoms with E-state index in [4.69, 9.17) is 0 Å². The Morgan fingerprint density at radius 2 is 2.10 bits per heavy atom. The summed E-state index contributed by atoms with van der Waals surface area (Å²) in [6, 6.07) is 8.59. The topological polar surface area (TPSA) is 109 Å². The number of benzene rings is 1. The normalized spacial score (nSPS) is 17.7. The fourth-order valence-electron chi connectivity index (χ4n) is 4.02. The van der Waals surface area contributed by atoms with Crippen LogP contribution in [0.1, 0.15) is 35.7 Å². The van der Waals surface area contributed by atoms with Crippen molar-refractivity contribution in [3.8, 4) is 0 Å². The summed E-state index contributed by atoms with van der Waals surface area (Å²) in [5.41, 5.74) is 2.52. The molecule has 0 bridgehead atoms. The van der Waals surface area contributed by atoms with E-state index >= 15 is 0 Å². The Morgan fingerprint density at radius 3 is 2.80 bits per heavy atom. The summed E-state index contributed by atoms with van der Waals surface area (Å²) in [6.07, 6.45) is 3.22. The molecule has 1 N–H and O–H groups in total. The van der Waals surface area contributed by atoms with Gasteiger partial charge in [-0.15, -0.1) is 0 Å². The van der Waals surface area contributed by atoms with E-state index < -0.39 is 4.92 Å². The molecule has 1 aromatic heterocycles. The van der Waals surface area contributed by atoms with Gasteiger partial charge in [-0.05, 0) is 42.7 Å². The van der Waals surface area contributed by atoms with E-state index in [1.165, 1.54) is 12.3 Å². The molecule has 1 fully saturated rings. The zero-order chi connectivity index (χ0) is 21.3. The predicted molar refractivity (Wildman–Crippen MR) is 112 cm³/mol. The first-order chi connectivity index (χ1) is 14.5. The van der Waals surface area contributed by atoms with E-state index in [2.05, 4.69) is 10.3 Å². The maximum absolute atomic E-state index is 13.0. The van der Waals surface area contributed by atoms with Crippen LogP contribution in [0.25, 0.3) is 0 Å². The maximum atomic E-state index is 13.0. The lowest BCUT2D eigenvalue weighted by atomic mass is 10.1. The van der Waals surface area contributed by atoms with Crippen LogP contribution in [0.3, 0.4) is 0 Å². The molecule has 0 aliphatic carbocycles. The van der Waals surface area contributed by atoms with Crippen molar-refractivity contribution in [3.05, 3.63) is 57.8 Å². The molecule has 156 valence electrons. The third kappa shape index (κ3) is 3.83. The molecule has 2 amide bonds. The molecule has 0 spiro atoms. The Balaban J connectivity index is 1.39. The average molecular weight is 409 g/mol. The minimum absolute atomic E-state index is 0.0287. The van der Waals surface area contributed by atoms with Crippen molar-refractivity contribution in [2.45, 2.75) is 32.2 Å².